The fourth-order valence-electron chi connectivity index (χ4n) is 1.20. The first-order chi connectivity index (χ1) is 7.65. The van der Waals surface area contributed by atoms with Crippen LogP contribution in [0.5, 0.6) is 0 Å². The minimum Gasteiger partial charge on any atom is -0.389 e. The monoisotopic (exact) mass is 231 g/mol. The predicted molar refractivity (Wildman–Crippen MR) is 57.3 cm³/mol. The fourth-order valence-corrected chi connectivity index (χ4v) is 1.20. The fraction of sp³-hybridized carbons (Fsp3) is 0.455. The highest BCUT2D eigenvalue weighted by atomic mass is 19.1. The van der Waals surface area contributed by atoms with Gasteiger partial charge in [0.2, 0.25) is 0 Å². The minimum absolute atomic E-state index is 0.0395. The third-order valence-electron chi connectivity index (χ3n) is 1.99. The molecule has 0 aliphatic heterocycles. The van der Waals surface area contributed by atoms with E-state index in [2.05, 4.69) is 5.32 Å². The highest BCUT2D eigenvalue weighted by Gasteiger charge is 2.10. The van der Waals surface area contributed by atoms with E-state index in [1.807, 2.05) is 0 Å². The molecule has 0 radical (unpaired) electrons. The molecule has 1 aromatic carbocycles. The van der Waals surface area contributed by atoms with Gasteiger partial charge in [0.25, 0.3) is 0 Å². The quantitative estimate of drug-likeness (QED) is 0.784. The largest absolute Gasteiger partial charge is 0.389 e. The summed E-state index contributed by atoms with van der Waals surface area (Å²) in [7, 11) is 0. The van der Waals surface area contributed by atoms with Crippen LogP contribution in [0.15, 0.2) is 18.2 Å². The normalized spacial score (nSPS) is 12.5. The van der Waals surface area contributed by atoms with E-state index >= 15 is 0 Å². The third-order valence-corrected chi connectivity index (χ3v) is 1.99. The zero-order chi connectivity index (χ0) is 12.0. The number of hydrogen-bond donors (Lipinski definition) is 2. The van der Waals surface area contributed by atoms with Crippen molar-refractivity contribution in [3.05, 3.63) is 29.8 Å². The lowest BCUT2D eigenvalue weighted by atomic mass is 10.2. The molecule has 0 aromatic heterocycles. The van der Waals surface area contributed by atoms with Crippen molar-refractivity contribution in [2.45, 2.75) is 13.0 Å². The van der Waals surface area contributed by atoms with Gasteiger partial charge in [-0.25, -0.2) is 8.78 Å². The molecule has 5 heteroatoms. The highest BCUT2D eigenvalue weighted by molar-refractivity contribution is 5.46. The lowest BCUT2D eigenvalue weighted by Crippen LogP contribution is -2.25. The van der Waals surface area contributed by atoms with Crippen LogP contribution in [0, 0.1) is 11.6 Å². The van der Waals surface area contributed by atoms with Crippen LogP contribution in [-0.4, -0.2) is 31.0 Å². The number of rotatable bonds is 6. The van der Waals surface area contributed by atoms with Gasteiger partial charge in [-0.3, -0.25) is 0 Å². The van der Waals surface area contributed by atoms with Crippen molar-refractivity contribution in [1.29, 1.82) is 0 Å². The van der Waals surface area contributed by atoms with Gasteiger partial charge in [0, 0.05) is 13.2 Å². The topological polar surface area (TPSA) is 41.5 Å². The van der Waals surface area contributed by atoms with Gasteiger partial charge >= 0.3 is 0 Å². The molecule has 0 amide bonds. The number of aliphatic hydroxyl groups is 1. The standard InChI is InChI=1S/C11H15F2NO2/c1-2-16-7-8(15)6-14-11-9(12)4-3-5-10(11)13/h3-5,8,14-15H,2,6-7H2,1H3. The van der Waals surface area contributed by atoms with Crippen LogP contribution in [-0.2, 0) is 4.74 Å². The first-order valence-electron chi connectivity index (χ1n) is 5.08. The predicted octanol–water partition coefficient (Wildman–Crippen LogP) is 1.77. The lowest BCUT2D eigenvalue weighted by molar-refractivity contribution is 0.0495. The molecule has 0 heterocycles. The van der Waals surface area contributed by atoms with Crippen LogP contribution in [0.25, 0.3) is 0 Å². The lowest BCUT2D eigenvalue weighted by Gasteiger charge is -2.13. The molecule has 16 heavy (non-hydrogen) atoms. The Morgan fingerprint density at radius 1 is 1.38 bits per heavy atom. The summed E-state index contributed by atoms with van der Waals surface area (Å²) in [6, 6.07) is 3.59. The first-order valence-corrected chi connectivity index (χ1v) is 5.08. The van der Waals surface area contributed by atoms with Crippen LogP contribution < -0.4 is 5.32 Å². The maximum atomic E-state index is 13.1. The highest BCUT2D eigenvalue weighted by Crippen LogP contribution is 2.17. The average Bonchev–Trinajstić information content (AvgIpc) is 2.25. The Hall–Kier alpha value is -1.20. The van der Waals surface area contributed by atoms with Crippen molar-refractivity contribution in [2.75, 3.05) is 25.1 Å². The SMILES string of the molecule is CCOCC(O)CNc1c(F)cccc1F. The van der Waals surface area contributed by atoms with Gasteiger partial charge in [-0.2, -0.15) is 0 Å². The van der Waals surface area contributed by atoms with E-state index in [4.69, 9.17) is 4.74 Å². The molecule has 90 valence electrons. The third kappa shape index (κ3) is 3.75. The molecule has 0 fully saturated rings. The van der Waals surface area contributed by atoms with Gasteiger partial charge in [-0.1, -0.05) is 6.07 Å². The molecule has 0 aliphatic carbocycles. The number of anilines is 1. The summed E-state index contributed by atoms with van der Waals surface area (Å²) in [4.78, 5) is 0. The second-order valence-electron chi connectivity index (χ2n) is 3.29. The Balaban J connectivity index is 2.48. The van der Waals surface area contributed by atoms with Crippen molar-refractivity contribution >= 4 is 5.69 Å². The summed E-state index contributed by atoms with van der Waals surface area (Å²) in [5.74, 6) is -1.35. The molecular weight excluding hydrogens is 216 g/mol. The summed E-state index contributed by atoms with van der Waals surface area (Å²) in [6.45, 7) is 2.47. The van der Waals surface area contributed by atoms with Crippen LogP contribution in [0.4, 0.5) is 14.5 Å². The summed E-state index contributed by atoms with van der Waals surface area (Å²) < 4.78 is 31.2. The van der Waals surface area contributed by atoms with E-state index < -0.39 is 17.7 Å². The second kappa shape index (κ2) is 6.40. The number of halogens is 2. The van der Waals surface area contributed by atoms with Crippen LogP contribution in [0.1, 0.15) is 6.92 Å². The van der Waals surface area contributed by atoms with E-state index in [0.717, 1.165) is 12.1 Å². The molecule has 1 atom stereocenters. The molecular formula is C11H15F2NO2. The second-order valence-corrected chi connectivity index (χ2v) is 3.29. The zero-order valence-corrected chi connectivity index (χ0v) is 9.04. The van der Waals surface area contributed by atoms with Gasteiger partial charge in [0.05, 0.1) is 12.7 Å². The maximum absolute atomic E-state index is 13.1. The van der Waals surface area contributed by atoms with Crippen molar-refractivity contribution in [2.24, 2.45) is 0 Å². The molecule has 1 rings (SSSR count). The summed E-state index contributed by atoms with van der Waals surface area (Å²) >= 11 is 0. The number of ether oxygens (including phenoxy) is 1. The first kappa shape index (κ1) is 12.9. The van der Waals surface area contributed by atoms with E-state index in [1.165, 1.54) is 6.07 Å². The summed E-state index contributed by atoms with van der Waals surface area (Å²) in [6.07, 6.45) is -0.793. The Labute approximate surface area is 93.0 Å². The van der Waals surface area contributed by atoms with Crippen molar-refractivity contribution in [1.82, 2.24) is 0 Å². The molecule has 2 N–H and O–H groups in total. The molecule has 0 aliphatic rings. The zero-order valence-electron chi connectivity index (χ0n) is 9.04. The van der Waals surface area contributed by atoms with Crippen molar-refractivity contribution in [3.8, 4) is 0 Å². The van der Waals surface area contributed by atoms with Crippen LogP contribution in [0.2, 0.25) is 0 Å². The van der Waals surface area contributed by atoms with Crippen LogP contribution >= 0.6 is 0 Å². The van der Waals surface area contributed by atoms with E-state index in [-0.39, 0.29) is 18.8 Å². The van der Waals surface area contributed by atoms with E-state index in [1.54, 1.807) is 6.92 Å². The molecule has 0 saturated carbocycles. The maximum Gasteiger partial charge on any atom is 0.149 e. The number of para-hydroxylation sites is 1. The summed E-state index contributed by atoms with van der Waals surface area (Å²) in [5.41, 5.74) is -0.224. The van der Waals surface area contributed by atoms with Gasteiger partial charge in [-0.15, -0.1) is 0 Å². The molecule has 0 saturated heterocycles. The molecule has 1 aromatic rings. The van der Waals surface area contributed by atoms with E-state index in [0.29, 0.717) is 6.61 Å². The van der Waals surface area contributed by atoms with Gasteiger partial charge in [0.1, 0.15) is 17.3 Å². The van der Waals surface area contributed by atoms with Crippen LogP contribution in [0.3, 0.4) is 0 Å². The number of aliphatic hydroxyl groups excluding tert-OH is 1. The Bertz CT molecular complexity index is 314. The Morgan fingerprint density at radius 2 is 2.00 bits per heavy atom. The summed E-state index contributed by atoms with van der Waals surface area (Å²) in [5, 5.41) is 11.9. The minimum atomic E-state index is -0.793. The van der Waals surface area contributed by atoms with E-state index in [9.17, 15) is 13.9 Å². The number of benzene rings is 1. The molecule has 0 spiro atoms. The van der Waals surface area contributed by atoms with Gasteiger partial charge < -0.3 is 15.2 Å². The van der Waals surface area contributed by atoms with Gasteiger partial charge in [0.15, 0.2) is 0 Å². The Morgan fingerprint density at radius 3 is 2.56 bits per heavy atom. The smallest absolute Gasteiger partial charge is 0.149 e. The van der Waals surface area contributed by atoms with Crippen molar-refractivity contribution in [3.63, 3.8) is 0 Å². The number of hydrogen-bond acceptors (Lipinski definition) is 3. The average molecular weight is 231 g/mol. The Kier molecular flexibility index (Phi) is 5.14. The van der Waals surface area contributed by atoms with Crippen molar-refractivity contribution < 1.29 is 18.6 Å². The molecule has 1 unspecified atom stereocenters. The number of nitrogens with one attached hydrogen (secondary N) is 1. The van der Waals surface area contributed by atoms with Gasteiger partial charge in [-0.05, 0) is 19.1 Å². The molecule has 3 nitrogen and oxygen atoms in total. The molecule has 0 bridgehead atoms.